The second-order valence-corrected chi connectivity index (χ2v) is 9.62. The molecule has 1 aliphatic carbocycles. The highest BCUT2D eigenvalue weighted by atomic mass is 32.2. The predicted molar refractivity (Wildman–Crippen MR) is 112 cm³/mol. The maximum Gasteiger partial charge on any atom is 0.338 e. The molecule has 0 radical (unpaired) electrons. The molecule has 0 spiro atoms. The Hall–Kier alpha value is -2.50. The molecule has 1 aliphatic rings. The van der Waals surface area contributed by atoms with Crippen molar-refractivity contribution in [2.45, 2.75) is 41.4 Å². The molecule has 2 aromatic rings. The summed E-state index contributed by atoms with van der Waals surface area (Å²) < 4.78 is 57.5. The molecule has 0 aromatic heterocycles. The second-order valence-electron chi connectivity index (χ2n) is 6.87. The Kier molecular flexibility index (Phi) is 7.29. The number of thioether (sulfide) groups is 1. The van der Waals surface area contributed by atoms with Crippen LogP contribution in [0.15, 0.2) is 52.3 Å². The van der Waals surface area contributed by atoms with Gasteiger partial charge in [-0.2, -0.15) is 8.78 Å². The maximum atomic E-state index is 12.6. The van der Waals surface area contributed by atoms with Crippen molar-refractivity contribution in [2.75, 3.05) is 11.9 Å². The van der Waals surface area contributed by atoms with E-state index < -0.39 is 34.3 Å². The van der Waals surface area contributed by atoms with Crippen LogP contribution >= 0.6 is 11.8 Å². The largest absolute Gasteiger partial charge is 0.452 e. The lowest BCUT2D eigenvalue weighted by atomic mass is 10.1. The molecule has 0 heterocycles. The van der Waals surface area contributed by atoms with Crippen molar-refractivity contribution >= 4 is 39.3 Å². The Bertz CT molecular complexity index is 1090. The Morgan fingerprint density at radius 3 is 2.58 bits per heavy atom. The highest BCUT2D eigenvalue weighted by molar-refractivity contribution is 7.99. The van der Waals surface area contributed by atoms with E-state index in [2.05, 4.69) is 10.0 Å². The standard InChI is InChI=1S/C20H20F2N2O5S2/c1-12-6-9-14(31(27,28)24-13-7-8-13)10-15(12)19(26)29-11-18(25)23-16-4-2-3-5-17(16)30-20(21)22/h2-6,9-10,13,20,24H,7-8,11H2,1H3,(H,23,25). The van der Waals surface area contributed by atoms with Gasteiger partial charge in [0.2, 0.25) is 10.0 Å². The van der Waals surface area contributed by atoms with E-state index >= 15 is 0 Å². The molecule has 2 aromatic carbocycles. The Labute approximate surface area is 182 Å². The van der Waals surface area contributed by atoms with E-state index in [0.717, 1.165) is 12.8 Å². The molecule has 166 valence electrons. The van der Waals surface area contributed by atoms with Crippen molar-refractivity contribution < 1.29 is 31.5 Å². The molecule has 0 bridgehead atoms. The third kappa shape index (κ3) is 6.49. The number of anilines is 1. The topological polar surface area (TPSA) is 102 Å². The van der Waals surface area contributed by atoms with Crippen molar-refractivity contribution in [1.82, 2.24) is 4.72 Å². The molecule has 1 fully saturated rings. The lowest BCUT2D eigenvalue weighted by molar-refractivity contribution is -0.119. The first-order valence-corrected chi connectivity index (χ1v) is 11.7. The Balaban J connectivity index is 1.64. The lowest BCUT2D eigenvalue weighted by Crippen LogP contribution is -2.26. The first-order chi connectivity index (χ1) is 14.7. The van der Waals surface area contributed by atoms with Crippen LogP contribution in [0.25, 0.3) is 0 Å². The van der Waals surface area contributed by atoms with Crippen LogP contribution in [0.4, 0.5) is 14.5 Å². The predicted octanol–water partition coefficient (Wildman–Crippen LogP) is 3.55. The average molecular weight is 471 g/mol. The number of rotatable bonds is 9. The Morgan fingerprint density at radius 1 is 1.19 bits per heavy atom. The first kappa shape index (κ1) is 23.2. The van der Waals surface area contributed by atoms with Gasteiger partial charge >= 0.3 is 5.97 Å². The van der Waals surface area contributed by atoms with Crippen LogP contribution < -0.4 is 10.0 Å². The van der Waals surface area contributed by atoms with Crippen LogP contribution in [0.2, 0.25) is 0 Å². The molecular weight excluding hydrogens is 450 g/mol. The third-order valence-electron chi connectivity index (χ3n) is 4.35. The van der Waals surface area contributed by atoms with Gasteiger partial charge < -0.3 is 10.1 Å². The van der Waals surface area contributed by atoms with Crippen LogP contribution in [0, 0.1) is 6.92 Å². The molecular formula is C20H20F2N2O5S2. The quantitative estimate of drug-likeness (QED) is 0.429. The molecule has 0 saturated heterocycles. The van der Waals surface area contributed by atoms with Crippen molar-refractivity contribution in [3.63, 3.8) is 0 Å². The fourth-order valence-corrected chi connectivity index (χ4v) is 4.57. The van der Waals surface area contributed by atoms with E-state index in [1.54, 1.807) is 19.1 Å². The monoisotopic (exact) mass is 470 g/mol. The smallest absolute Gasteiger partial charge is 0.338 e. The van der Waals surface area contributed by atoms with Gasteiger partial charge in [-0.05, 0) is 49.6 Å². The number of nitrogens with one attached hydrogen (secondary N) is 2. The van der Waals surface area contributed by atoms with Crippen LogP contribution in [-0.4, -0.2) is 38.7 Å². The molecule has 1 amide bonds. The summed E-state index contributed by atoms with van der Waals surface area (Å²) >= 11 is 0.284. The highest BCUT2D eigenvalue weighted by Crippen LogP contribution is 2.31. The minimum absolute atomic E-state index is 0.0140. The van der Waals surface area contributed by atoms with Crippen LogP contribution in [0.1, 0.15) is 28.8 Å². The molecule has 7 nitrogen and oxygen atoms in total. The van der Waals surface area contributed by atoms with E-state index in [9.17, 15) is 26.8 Å². The lowest BCUT2D eigenvalue weighted by Gasteiger charge is -2.12. The summed E-state index contributed by atoms with van der Waals surface area (Å²) in [7, 11) is -3.76. The molecule has 1 saturated carbocycles. The number of para-hydroxylation sites is 1. The zero-order valence-electron chi connectivity index (χ0n) is 16.4. The number of esters is 1. The van der Waals surface area contributed by atoms with Gasteiger partial charge in [0.15, 0.2) is 6.61 Å². The molecule has 2 N–H and O–H groups in total. The van der Waals surface area contributed by atoms with E-state index in [1.807, 2.05) is 0 Å². The normalized spacial score (nSPS) is 13.8. The zero-order valence-corrected chi connectivity index (χ0v) is 18.1. The fraction of sp³-hybridized carbons (Fsp3) is 0.300. The van der Waals surface area contributed by atoms with E-state index in [0.29, 0.717) is 5.56 Å². The number of carbonyl (C=O) groups is 2. The van der Waals surface area contributed by atoms with Gasteiger partial charge in [0.25, 0.3) is 11.7 Å². The molecule has 31 heavy (non-hydrogen) atoms. The number of benzene rings is 2. The van der Waals surface area contributed by atoms with Gasteiger partial charge in [-0.1, -0.05) is 30.0 Å². The van der Waals surface area contributed by atoms with Gasteiger partial charge in [0.05, 0.1) is 16.1 Å². The van der Waals surface area contributed by atoms with E-state index in [4.69, 9.17) is 4.74 Å². The summed E-state index contributed by atoms with van der Waals surface area (Å²) in [6.45, 7) is 0.947. The first-order valence-electron chi connectivity index (χ1n) is 9.29. The van der Waals surface area contributed by atoms with Gasteiger partial charge in [-0.25, -0.2) is 17.9 Å². The number of hydrogen-bond donors (Lipinski definition) is 2. The van der Waals surface area contributed by atoms with Crippen molar-refractivity contribution in [2.24, 2.45) is 0 Å². The molecule has 0 unspecified atom stereocenters. The zero-order chi connectivity index (χ0) is 22.6. The minimum atomic E-state index is -3.76. The number of ether oxygens (including phenoxy) is 1. The number of alkyl halides is 2. The highest BCUT2D eigenvalue weighted by Gasteiger charge is 2.28. The molecule has 0 atom stereocenters. The second kappa shape index (κ2) is 9.75. The number of aryl methyl sites for hydroxylation is 1. The SMILES string of the molecule is Cc1ccc(S(=O)(=O)NC2CC2)cc1C(=O)OCC(=O)Nc1ccccc1SC(F)F. The van der Waals surface area contributed by atoms with Crippen molar-refractivity contribution in [3.05, 3.63) is 53.6 Å². The molecule has 0 aliphatic heterocycles. The van der Waals surface area contributed by atoms with Crippen LogP contribution in [0.5, 0.6) is 0 Å². The summed E-state index contributed by atoms with van der Waals surface area (Å²) in [5.41, 5.74) is 0.666. The van der Waals surface area contributed by atoms with Gasteiger partial charge in [0, 0.05) is 10.9 Å². The summed E-state index contributed by atoms with van der Waals surface area (Å²) in [4.78, 5) is 24.7. The van der Waals surface area contributed by atoms with Gasteiger partial charge in [-0.3, -0.25) is 4.79 Å². The van der Waals surface area contributed by atoms with Crippen LogP contribution in [0.3, 0.4) is 0 Å². The van der Waals surface area contributed by atoms with Crippen LogP contribution in [-0.2, 0) is 19.6 Å². The summed E-state index contributed by atoms with van der Waals surface area (Å²) in [6.07, 6.45) is 1.54. The van der Waals surface area contributed by atoms with Gasteiger partial charge in [0.1, 0.15) is 0 Å². The number of sulfonamides is 1. The Morgan fingerprint density at radius 2 is 1.90 bits per heavy atom. The third-order valence-corrected chi connectivity index (χ3v) is 6.66. The number of carbonyl (C=O) groups excluding carboxylic acids is 2. The molecule has 3 rings (SSSR count). The maximum absolute atomic E-state index is 12.6. The van der Waals surface area contributed by atoms with Crippen molar-refractivity contribution in [3.8, 4) is 0 Å². The van der Waals surface area contributed by atoms with Gasteiger partial charge in [-0.15, -0.1) is 0 Å². The summed E-state index contributed by atoms with van der Waals surface area (Å²) in [6, 6.07) is 10.0. The van der Waals surface area contributed by atoms with E-state index in [1.165, 1.54) is 30.3 Å². The number of hydrogen-bond acceptors (Lipinski definition) is 6. The van der Waals surface area contributed by atoms with E-state index in [-0.39, 0.29) is 38.8 Å². The summed E-state index contributed by atoms with van der Waals surface area (Å²) in [5, 5.41) is 2.43. The number of amides is 1. The minimum Gasteiger partial charge on any atom is -0.452 e. The average Bonchev–Trinajstić information content (AvgIpc) is 3.50. The fourth-order valence-electron chi connectivity index (χ4n) is 2.64. The molecule has 11 heteroatoms. The van der Waals surface area contributed by atoms with Crippen molar-refractivity contribution in [1.29, 1.82) is 0 Å². The number of halogens is 2. The summed E-state index contributed by atoms with van der Waals surface area (Å²) in [5.74, 6) is -4.24.